The Morgan fingerprint density at radius 1 is 1.11 bits per heavy atom. The summed E-state index contributed by atoms with van der Waals surface area (Å²) in [6, 6.07) is 8.39. The predicted molar refractivity (Wildman–Crippen MR) is 76.8 cm³/mol. The molecule has 0 spiro atoms. The summed E-state index contributed by atoms with van der Waals surface area (Å²) in [5, 5.41) is 3.48. The predicted octanol–water partition coefficient (Wildman–Crippen LogP) is 3.78. The van der Waals surface area contributed by atoms with Crippen molar-refractivity contribution in [1.29, 1.82) is 0 Å². The average Bonchev–Trinajstić information content (AvgIpc) is 2.38. The number of benzene rings is 1. The van der Waals surface area contributed by atoms with E-state index in [0.29, 0.717) is 12.0 Å². The summed E-state index contributed by atoms with van der Waals surface area (Å²) >= 11 is 0. The molecule has 2 aromatic rings. The number of nitrogens with one attached hydrogen (secondary N) is 1. The van der Waals surface area contributed by atoms with Crippen molar-refractivity contribution in [3.63, 3.8) is 0 Å². The topological polar surface area (TPSA) is 37.8 Å². The highest BCUT2D eigenvalue weighted by atomic mass is 15.0. The Kier molecular flexibility index (Phi) is 3.80. The minimum Gasteiger partial charge on any atom is -0.366 e. The van der Waals surface area contributed by atoms with Crippen molar-refractivity contribution in [3.05, 3.63) is 30.0 Å². The molecule has 1 aromatic heterocycles. The molecule has 0 amide bonds. The molecular formula is C15H21N3. The zero-order chi connectivity index (χ0) is 13.1. The summed E-state index contributed by atoms with van der Waals surface area (Å²) in [4.78, 5) is 9.25. The minimum atomic E-state index is 0.407. The maximum atomic E-state index is 4.66. The van der Waals surface area contributed by atoms with Crippen LogP contribution in [0.5, 0.6) is 0 Å². The van der Waals surface area contributed by atoms with E-state index in [1.54, 1.807) is 0 Å². The molecule has 0 aliphatic heterocycles. The molecule has 0 saturated heterocycles. The maximum Gasteiger partial charge on any atom is 0.148 e. The van der Waals surface area contributed by atoms with Gasteiger partial charge in [0.1, 0.15) is 5.82 Å². The van der Waals surface area contributed by atoms with Gasteiger partial charge < -0.3 is 5.32 Å². The van der Waals surface area contributed by atoms with Gasteiger partial charge in [-0.2, -0.15) is 0 Å². The largest absolute Gasteiger partial charge is 0.366 e. The Balaban J connectivity index is 2.30. The van der Waals surface area contributed by atoms with E-state index in [9.17, 15) is 0 Å². The van der Waals surface area contributed by atoms with Gasteiger partial charge in [-0.1, -0.05) is 32.4 Å². The molecule has 1 aromatic carbocycles. The van der Waals surface area contributed by atoms with Crippen molar-refractivity contribution in [3.8, 4) is 0 Å². The molecule has 2 atom stereocenters. The monoisotopic (exact) mass is 243 g/mol. The smallest absolute Gasteiger partial charge is 0.148 e. The molecule has 96 valence electrons. The van der Waals surface area contributed by atoms with Crippen LogP contribution >= 0.6 is 0 Å². The molecule has 1 heterocycles. The minimum absolute atomic E-state index is 0.407. The van der Waals surface area contributed by atoms with Gasteiger partial charge in [0.05, 0.1) is 16.7 Å². The number of fused-ring (bicyclic) bond motifs is 1. The lowest BCUT2D eigenvalue weighted by molar-refractivity contribution is 0.493. The van der Waals surface area contributed by atoms with Crippen molar-refractivity contribution in [2.75, 3.05) is 5.32 Å². The van der Waals surface area contributed by atoms with Gasteiger partial charge in [-0.25, -0.2) is 9.97 Å². The molecule has 18 heavy (non-hydrogen) atoms. The lowest BCUT2D eigenvalue weighted by Crippen LogP contribution is -2.24. The molecule has 2 unspecified atom stereocenters. The summed E-state index contributed by atoms with van der Waals surface area (Å²) in [5.74, 6) is 1.53. The summed E-state index contributed by atoms with van der Waals surface area (Å²) in [5.41, 5.74) is 2.86. The summed E-state index contributed by atoms with van der Waals surface area (Å²) in [6.07, 6.45) is 1.16. The first-order valence-corrected chi connectivity index (χ1v) is 6.61. The van der Waals surface area contributed by atoms with E-state index in [0.717, 1.165) is 29.0 Å². The zero-order valence-corrected chi connectivity index (χ0v) is 11.6. The second-order valence-corrected chi connectivity index (χ2v) is 4.96. The third-order valence-electron chi connectivity index (χ3n) is 3.61. The maximum absolute atomic E-state index is 4.66. The van der Waals surface area contributed by atoms with Crippen LogP contribution in [0.2, 0.25) is 0 Å². The van der Waals surface area contributed by atoms with Gasteiger partial charge >= 0.3 is 0 Å². The lowest BCUT2D eigenvalue weighted by Gasteiger charge is -2.21. The highest BCUT2D eigenvalue weighted by Crippen LogP contribution is 2.19. The van der Waals surface area contributed by atoms with E-state index < -0.39 is 0 Å². The molecule has 0 bridgehead atoms. The first-order chi connectivity index (χ1) is 8.61. The van der Waals surface area contributed by atoms with E-state index in [4.69, 9.17) is 0 Å². The van der Waals surface area contributed by atoms with Crippen LogP contribution in [0.1, 0.15) is 32.9 Å². The second kappa shape index (κ2) is 5.34. The van der Waals surface area contributed by atoms with Crippen LogP contribution in [0, 0.1) is 12.8 Å². The summed E-state index contributed by atoms with van der Waals surface area (Å²) in [7, 11) is 0. The molecule has 0 radical (unpaired) electrons. The average molecular weight is 243 g/mol. The lowest BCUT2D eigenvalue weighted by atomic mass is 10.0. The molecule has 1 N–H and O–H groups in total. The van der Waals surface area contributed by atoms with Gasteiger partial charge in [-0.05, 0) is 31.9 Å². The van der Waals surface area contributed by atoms with Crippen molar-refractivity contribution in [2.45, 2.75) is 40.2 Å². The van der Waals surface area contributed by atoms with Crippen molar-refractivity contribution < 1.29 is 0 Å². The molecular weight excluding hydrogens is 222 g/mol. The van der Waals surface area contributed by atoms with Gasteiger partial charge in [0, 0.05) is 6.04 Å². The number of aromatic nitrogens is 2. The first-order valence-electron chi connectivity index (χ1n) is 6.61. The fraction of sp³-hybridized carbons (Fsp3) is 0.467. The molecule has 3 heteroatoms. The molecule has 0 saturated carbocycles. The number of aryl methyl sites for hydroxylation is 1. The SMILES string of the molecule is CCC(C)C(C)Nc1nc2ccccc2nc1C. The Hall–Kier alpha value is -1.64. The molecule has 0 aliphatic carbocycles. The van der Waals surface area contributed by atoms with Crippen LogP contribution in [-0.4, -0.2) is 16.0 Å². The van der Waals surface area contributed by atoms with Crippen LogP contribution in [0.25, 0.3) is 11.0 Å². The quantitative estimate of drug-likeness (QED) is 0.888. The Bertz CT molecular complexity index is 536. The highest BCUT2D eigenvalue weighted by molar-refractivity contribution is 5.76. The van der Waals surface area contributed by atoms with Crippen molar-refractivity contribution >= 4 is 16.9 Å². The van der Waals surface area contributed by atoms with Crippen molar-refractivity contribution in [2.24, 2.45) is 5.92 Å². The van der Waals surface area contributed by atoms with Gasteiger partial charge in [0.25, 0.3) is 0 Å². The van der Waals surface area contributed by atoms with E-state index in [1.807, 2.05) is 31.2 Å². The molecule has 3 nitrogen and oxygen atoms in total. The second-order valence-electron chi connectivity index (χ2n) is 4.96. The van der Waals surface area contributed by atoms with Gasteiger partial charge in [-0.3, -0.25) is 0 Å². The van der Waals surface area contributed by atoms with E-state index >= 15 is 0 Å². The number of hydrogen-bond acceptors (Lipinski definition) is 3. The summed E-state index contributed by atoms with van der Waals surface area (Å²) < 4.78 is 0. The third kappa shape index (κ3) is 2.61. The van der Waals surface area contributed by atoms with Gasteiger partial charge in [0.15, 0.2) is 0 Å². The van der Waals surface area contributed by atoms with Crippen LogP contribution in [0.4, 0.5) is 5.82 Å². The number of anilines is 1. The summed E-state index contributed by atoms with van der Waals surface area (Å²) in [6.45, 7) is 8.67. The van der Waals surface area contributed by atoms with E-state index in [2.05, 4.69) is 36.1 Å². The number of hydrogen-bond donors (Lipinski definition) is 1. The van der Waals surface area contributed by atoms with Crippen LogP contribution < -0.4 is 5.32 Å². The number of para-hydroxylation sites is 2. The van der Waals surface area contributed by atoms with Crippen LogP contribution in [0.15, 0.2) is 24.3 Å². The zero-order valence-electron chi connectivity index (χ0n) is 11.6. The fourth-order valence-corrected chi connectivity index (χ4v) is 1.94. The van der Waals surface area contributed by atoms with E-state index in [1.165, 1.54) is 0 Å². The third-order valence-corrected chi connectivity index (χ3v) is 3.61. The highest BCUT2D eigenvalue weighted by Gasteiger charge is 2.12. The van der Waals surface area contributed by atoms with Crippen LogP contribution in [-0.2, 0) is 0 Å². The first kappa shape index (κ1) is 12.8. The molecule has 0 aliphatic rings. The normalized spacial score (nSPS) is 14.4. The fourth-order valence-electron chi connectivity index (χ4n) is 1.94. The van der Waals surface area contributed by atoms with Gasteiger partial charge in [-0.15, -0.1) is 0 Å². The number of nitrogens with zero attached hydrogens (tertiary/aromatic N) is 2. The van der Waals surface area contributed by atoms with Gasteiger partial charge in [0.2, 0.25) is 0 Å². The van der Waals surface area contributed by atoms with Crippen LogP contribution in [0.3, 0.4) is 0 Å². The Labute approximate surface area is 109 Å². The standard InChI is InChI=1S/C15H21N3/c1-5-10(2)11(3)17-15-12(4)16-13-8-6-7-9-14(13)18-15/h6-11H,5H2,1-4H3,(H,17,18). The van der Waals surface area contributed by atoms with E-state index in [-0.39, 0.29) is 0 Å². The van der Waals surface area contributed by atoms with Crippen molar-refractivity contribution in [1.82, 2.24) is 9.97 Å². The number of rotatable bonds is 4. The molecule has 2 rings (SSSR count). The molecule has 0 fully saturated rings. The Morgan fingerprint density at radius 3 is 2.33 bits per heavy atom. The Morgan fingerprint density at radius 2 is 1.72 bits per heavy atom.